The maximum Gasteiger partial charge on any atom is 0.323 e. The molecule has 3 aromatic rings. The number of nitrogens with zero attached hydrogens (tertiary/aromatic N) is 3. The highest BCUT2D eigenvalue weighted by molar-refractivity contribution is 7.99. The zero-order valence-corrected chi connectivity index (χ0v) is 18.2. The van der Waals surface area contributed by atoms with E-state index in [1.54, 1.807) is 12.3 Å². The molecule has 0 unspecified atom stereocenters. The summed E-state index contributed by atoms with van der Waals surface area (Å²) in [6, 6.07) is 5.98. The fraction of sp³-hybridized carbons (Fsp3) is 0.350. The standard InChI is InChI=1S/C20H21N3O4S2/c1-5-26-19(25)16(18-21-13(4)9-28-18)15(24)10-29-20-23-22-17(27-20)14-7-11(2)6-12(3)8-14/h6-9,16H,5,10H2,1-4H3/t16-/m0/s1. The van der Waals surface area contributed by atoms with Crippen LogP contribution in [0.5, 0.6) is 0 Å². The lowest BCUT2D eigenvalue weighted by molar-refractivity contribution is -0.147. The second kappa shape index (κ2) is 9.32. The van der Waals surface area contributed by atoms with Gasteiger partial charge in [0.1, 0.15) is 5.01 Å². The van der Waals surface area contributed by atoms with Crippen molar-refractivity contribution in [1.29, 1.82) is 0 Å². The van der Waals surface area contributed by atoms with Crippen LogP contribution >= 0.6 is 23.1 Å². The van der Waals surface area contributed by atoms with Crippen LogP contribution in [0.15, 0.2) is 33.2 Å². The minimum absolute atomic E-state index is 0.00339. The first kappa shape index (κ1) is 21.2. The number of rotatable bonds is 8. The summed E-state index contributed by atoms with van der Waals surface area (Å²) in [5.41, 5.74) is 3.78. The van der Waals surface area contributed by atoms with Gasteiger partial charge in [-0.25, -0.2) is 4.98 Å². The highest BCUT2D eigenvalue weighted by Crippen LogP contribution is 2.28. The van der Waals surface area contributed by atoms with Crippen LogP contribution in [-0.2, 0) is 14.3 Å². The molecule has 0 aliphatic heterocycles. The fourth-order valence-electron chi connectivity index (χ4n) is 2.80. The molecule has 0 bridgehead atoms. The third-order valence-electron chi connectivity index (χ3n) is 3.94. The smallest absolute Gasteiger partial charge is 0.323 e. The Kier molecular flexibility index (Phi) is 6.81. The number of thioether (sulfide) groups is 1. The predicted molar refractivity (Wildman–Crippen MR) is 111 cm³/mol. The summed E-state index contributed by atoms with van der Waals surface area (Å²) >= 11 is 2.37. The average Bonchev–Trinajstić information content (AvgIpc) is 3.29. The van der Waals surface area contributed by atoms with Crippen molar-refractivity contribution in [2.45, 2.75) is 38.8 Å². The van der Waals surface area contributed by atoms with E-state index in [1.165, 1.54) is 11.3 Å². The SMILES string of the molecule is CCOC(=O)[C@@H](C(=O)CSc1nnc(-c2cc(C)cc(C)c2)o1)c1nc(C)cs1. The highest BCUT2D eigenvalue weighted by atomic mass is 32.2. The maximum atomic E-state index is 12.8. The average molecular weight is 432 g/mol. The predicted octanol–water partition coefficient (Wildman–Crippen LogP) is 4.13. The summed E-state index contributed by atoms with van der Waals surface area (Å²) in [6.07, 6.45) is 0. The molecule has 0 saturated heterocycles. The lowest BCUT2D eigenvalue weighted by atomic mass is 10.1. The molecule has 0 spiro atoms. The molecule has 1 aromatic carbocycles. The molecular formula is C20H21N3O4S2. The molecular weight excluding hydrogens is 410 g/mol. The number of aryl methyl sites for hydroxylation is 3. The van der Waals surface area contributed by atoms with E-state index < -0.39 is 11.9 Å². The lowest BCUT2D eigenvalue weighted by Gasteiger charge is -2.11. The number of hydrogen-bond donors (Lipinski definition) is 0. The number of thiazole rings is 1. The number of ether oxygens (including phenoxy) is 1. The van der Waals surface area contributed by atoms with Gasteiger partial charge in [-0.1, -0.05) is 29.0 Å². The minimum atomic E-state index is -1.04. The summed E-state index contributed by atoms with van der Waals surface area (Å²) < 4.78 is 10.8. The zero-order valence-electron chi connectivity index (χ0n) is 16.6. The molecule has 2 heterocycles. The minimum Gasteiger partial charge on any atom is -0.465 e. The Morgan fingerprint density at radius 1 is 1.17 bits per heavy atom. The quantitative estimate of drug-likeness (QED) is 0.298. The van der Waals surface area contributed by atoms with Crippen molar-refractivity contribution >= 4 is 34.9 Å². The van der Waals surface area contributed by atoms with Gasteiger partial charge in [-0.3, -0.25) is 9.59 Å². The van der Waals surface area contributed by atoms with E-state index in [0.717, 1.165) is 34.1 Å². The molecule has 1 atom stereocenters. The Morgan fingerprint density at radius 2 is 1.90 bits per heavy atom. The number of ketones is 1. The molecule has 0 N–H and O–H groups in total. The van der Waals surface area contributed by atoms with Gasteiger partial charge in [0.25, 0.3) is 5.22 Å². The molecule has 3 rings (SSSR count). The first-order valence-corrected chi connectivity index (χ1v) is 10.9. The van der Waals surface area contributed by atoms with Crippen molar-refractivity contribution in [2.24, 2.45) is 0 Å². The number of hydrogen-bond acceptors (Lipinski definition) is 9. The van der Waals surface area contributed by atoms with Crippen LogP contribution in [0.1, 0.15) is 34.7 Å². The van der Waals surface area contributed by atoms with E-state index in [-0.39, 0.29) is 23.4 Å². The maximum absolute atomic E-state index is 12.8. The van der Waals surface area contributed by atoms with Gasteiger partial charge in [0, 0.05) is 16.6 Å². The van der Waals surface area contributed by atoms with Crippen molar-refractivity contribution in [3.05, 3.63) is 45.4 Å². The number of Topliss-reactive ketones (excluding diaryl/α,β-unsaturated/α-hetero) is 1. The summed E-state index contributed by atoms with van der Waals surface area (Å²) in [7, 11) is 0. The normalized spacial score (nSPS) is 12.0. The van der Waals surface area contributed by atoms with Gasteiger partial charge in [0.05, 0.1) is 12.4 Å². The van der Waals surface area contributed by atoms with Gasteiger partial charge < -0.3 is 9.15 Å². The van der Waals surface area contributed by atoms with Crippen LogP contribution in [0, 0.1) is 20.8 Å². The molecule has 0 aliphatic rings. The fourth-order valence-corrected chi connectivity index (χ4v) is 4.37. The van der Waals surface area contributed by atoms with Gasteiger partial charge in [-0.05, 0) is 39.8 Å². The van der Waals surface area contributed by atoms with Crippen molar-refractivity contribution in [2.75, 3.05) is 12.4 Å². The number of benzene rings is 1. The van der Waals surface area contributed by atoms with E-state index in [2.05, 4.69) is 21.2 Å². The van der Waals surface area contributed by atoms with Crippen LogP contribution in [0.25, 0.3) is 11.5 Å². The summed E-state index contributed by atoms with van der Waals surface area (Å²) in [5, 5.41) is 10.6. The zero-order chi connectivity index (χ0) is 21.0. The largest absolute Gasteiger partial charge is 0.465 e. The van der Waals surface area contributed by atoms with Crippen LogP contribution in [0.2, 0.25) is 0 Å². The second-order valence-corrected chi connectivity index (χ2v) is 8.33. The van der Waals surface area contributed by atoms with E-state index in [1.807, 2.05) is 32.9 Å². The van der Waals surface area contributed by atoms with E-state index in [0.29, 0.717) is 10.9 Å². The highest BCUT2D eigenvalue weighted by Gasteiger charge is 2.32. The molecule has 152 valence electrons. The van der Waals surface area contributed by atoms with Gasteiger partial charge in [0.2, 0.25) is 5.89 Å². The van der Waals surface area contributed by atoms with Gasteiger partial charge in [0.15, 0.2) is 11.7 Å². The Hall–Kier alpha value is -2.52. The molecule has 0 radical (unpaired) electrons. The molecule has 2 aromatic heterocycles. The first-order valence-electron chi connectivity index (χ1n) is 9.03. The van der Waals surface area contributed by atoms with E-state index >= 15 is 0 Å². The van der Waals surface area contributed by atoms with Crippen LogP contribution in [-0.4, -0.2) is 39.3 Å². The third-order valence-corrected chi connectivity index (χ3v) is 5.81. The third kappa shape index (κ3) is 5.30. The molecule has 0 fully saturated rings. The Morgan fingerprint density at radius 3 is 2.52 bits per heavy atom. The summed E-state index contributed by atoms with van der Waals surface area (Å²) in [6.45, 7) is 7.71. The topological polar surface area (TPSA) is 95.2 Å². The number of carbonyl (C=O) groups excluding carboxylic acids is 2. The van der Waals surface area contributed by atoms with E-state index in [9.17, 15) is 9.59 Å². The summed E-state index contributed by atoms with van der Waals surface area (Å²) in [5.74, 6) is -1.55. The summed E-state index contributed by atoms with van der Waals surface area (Å²) in [4.78, 5) is 29.4. The van der Waals surface area contributed by atoms with Crippen molar-refractivity contribution in [3.63, 3.8) is 0 Å². The molecule has 29 heavy (non-hydrogen) atoms. The first-order chi connectivity index (χ1) is 13.9. The Labute approximate surface area is 176 Å². The molecule has 0 saturated carbocycles. The number of esters is 1. The molecule has 0 amide bonds. The Bertz CT molecular complexity index is 1010. The van der Waals surface area contributed by atoms with Crippen molar-refractivity contribution in [3.8, 4) is 11.5 Å². The number of aromatic nitrogens is 3. The number of carbonyl (C=O) groups is 2. The second-order valence-electron chi connectivity index (χ2n) is 6.52. The lowest BCUT2D eigenvalue weighted by Crippen LogP contribution is -2.25. The monoisotopic (exact) mass is 431 g/mol. The van der Waals surface area contributed by atoms with Gasteiger partial charge >= 0.3 is 5.97 Å². The van der Waals surface area contributed by atoms with Crippen LogP contribution < -0.4 is 0 Å². The van der Waals surface area contributed by atoms with Crippen LogP contribution in [0.3, 0.4) is 0 Å². The Balaban J connectivity index is 1.71. The molecule has 9 heteroatoms. The van der Waals surface area contributed by atoms with Crippen molar-refractivity contribution in [1.82, 2.24) is 15.2 Å². The molecule has 7 nitrogen and oxygen atoms in total. The van der Waals surface area contributed by atoms with Crippen LogP contribution in [0.4, 0.5) is 0 Å². The van der Waals surface area contributed by atoms with Gasteiger partial charge in [-0.2, -0.15) is 0 Å². The molecule has 0 aliphatic carbocycles. The van der Waals surface area contributed by atoms with E-state index in [4.69, 9.17) is 9.15 Å². The van der Waals surface area contributed by atoms with Crippen molar-refractivity contribution < 1.29 is 18.7 Å². The van der Waals surface area contributed by atoms with Gasteiger partial charge in [-0.15, -0.1) is 21.5 Å².